The van der Waals surface area contributed by atoms with Gasteiger partial charge in [0.2, 0.25) is 0 Å². The van der Waals surface area contributed by atoms with Crippen LogP contribution in [0.5, 0.6) is 0 Å². The van der Waals surface area contributed by atoms with Crippen LogP contribution in [0, 0.1) is 5.92 Å². The number of likely N-dealkylation sites (tertiary alicyclic amines) is 1. The highest BCUT2D eigenvalue weighted by Crippen LogP contribution is 2.36. The van der Waals surface area contributed by atoms with E-state index in [0.29, 0.717) is 31.6 Å². The van der Waals surface area contributed by atoms with E-state index in [9.17, 15) is 18.4 Å². The second-order valence-corrected chi connectivity index (χ2v) is 8.35. The van der Waals surface area contributed by atoms with Crippen molar-refractivity contribution in [3.05, 3.63) is 65.0 Å². The lowest BCUT2D eigenvalue weighted by Gasteiger charge is -2.37. The van der Waals surface area contributed by atoms with Crippen LogP contribution in [0.1, 0.15) is 46.6 Å². The van der Waals surface area contributed by atoms with Crippen molar-refractivity contribution in [3.8, 4) is 0 Å². The van der Waals surface area contributed by atoms with Crippen LogP contribution in [0.25, 0.3) is 0 Å². The van der Waals surface area contributed by atoms with E-state index in [4.69, 9.17) is 5.11 Å². The number of piperidine rings is 1. The van der Waals surface area contributed by atoms with Gasteiger partial charge >= 0.3 is 6.09 Å². The Balaban J connectivity index is 1.56. The Kier molecular flexibility index (Phi) is 8.32. The molecule has 2 aromatic rings. The molecule has 1 atom stereocenters. The molecular weight excluding hydrogens is 430 g/mol. The van der Waals surface area contributed by atoms with Crippen LogP contribution in [0.15, 0.2) is 42.5 Å². The van der Waals surface area contributed by atoms with Gasteiger partial charge in [0.1, 0.15) is 5.69 Å². The normalized spacial score (nSPS) is 17.5. The Bertz CT molecular complexity index is 956. The molecule has 1 fully saturated rings. The van der Waals surface area contributed by atoms with Crippen molar-refractivity contribution in [3.63, 3.8) is 0 Å². The van der Waals surface area contributed by atoms with Crippen molar-refractivity contribution in [2.75, 3.05) is 26.7 Å². The molecule has 0 aliphatic carbocycles. The number of nitrogens with one attached hydrogen (secondary N) is 2. The standard InChI is InChI=1S/C24H30F2N4O3/c1-27-22(31)21-14-18(13-20(29-21)12-17-6-3-2-4-7-17)15-28-10-5-8-19-16-30(23(32)33)11-9-24(19,25)26/h2-4,6-7,13-14,19,28H,5,8-12,15-16H2,1H3,(H,27,31)(H,32,33). The predicted octanol–water partition coefficient (Wildman–Crippen LogP) is 3.54. The topological polar surface area (TPSA) is 94.6 Å². The molecule has 1 aromatic heterocycles. The lowest BCUT2D eigenvalue weighted by atomic mass is 9.89. The Hall–Kier alpha value is -3.07. The zero-order valence-corrected chi connectivity index (χ0v) is 18.7. The second kappa shape index (κ2) is 11.2. The number of nitrogens with zero attached hydrogens (tertiary/aromatic N) is 2. The summed E-state index contributed by atoms with van der Waals surface area (Å²) in [6, 6.07) is 13.5. The average molecular weight is 461 g/mol. The highest BCUT2D eigenvalue weighted by atomic mass is 19.3. The van der Waals surface area contributed by atoms with E-state index in [1.54, 1.807) is 13.1 Å². The summed E-state index contributed by atoms with van der Waals surface area (Å²) in [4.78, 5) is 28.8. The van der Waals surface area contributed by atoms with E-state index in [1.807, 2.05) is 36.4 Å². The fourth-order valence-corrected chi connectivity index (χ4v) is 4.05. The minimum atomic E-state index is -2.84. The van der Waals surface area contributed by atoms with Gasteiger partial charge in [0.05, 0.1) is 0 Å². The van der Waals surface area contributed by atoms with Crippen LogP contribution in [0.3, 0.4) is 0 Å². The van der Waals surface area contributed by atoms with Crippen molar-refractivity contribution in [1.82, 2.24) is 20.5 Å². The number of benzene rings is 1. The third-order valence-corrected chi connectivity index (χ3v) is 5.88. The van der Waals surface area contributed by atoms with Crippen molar-refractivity contribution in [2.24, 2.45) is 5.92 Å². The van der Waals surface area contributed by atoms with Gasteiger partial charge in [-0.05, 0) is 42.6 Å². The van der Waals surface area contributed by atoms with E-state index in [2.05, 4.69) is 15.6 Å². The van der Waals surface area contributed by atoms with Crippen molar-refractivity contribution < 1.29 is 23.5 Å². The molecule has 2 heterocycles. The van der Waals surface area contributed by atoms with Crippen LogP contribution in [-0.2, 0) is 13.0 Å². The van der Waals surface area contributed by atoms with Gasteiger partial charge in [0, 0.05) is 51.1 Å². The smallest absolute Gasteiger partial charge is 0.407 e. The van der Waals surface area contributed by atoms with Crippen molar-refractivity contribution in [2.45, 2.75) is 38.2 Å². The predicted molar refractivity (Wildman–Crippen MR) is 120 cm³/mol. The first kappa shape index (κ1) is 24.6. The maximum atomic E-state index is 14.2. The molecule has 178 valence electrons. The Morgan fingerprint density at radius 2 is 1.97 bits per heavy atom. The van der Waals surface area contributed by atoms with Gasteiger partial charge in [-0.15, -0.1) is 0 Å². The van der Waals surface area contributed by atoms with E-state index >= 15 is 0 Å². The first-order chi connectivity index (χ1) is 15.8. The van der Waals surface area contributed by atoms with Crippen molar-refractivity contribution in [1.29, 1.82) is 0 Å². The van der Waals surface area contributed by atoms with Crippen LogP contribution >= 0.6 is 0 Å². The molecule has 0 bridgehead atoms. The molecular formula is C24H30F2N4O3. The second-order valence-electron chi connectivity index (χ2n) is 8.35. The number of amides is 2. The van der Waals surface area contributed by atoms with Crippen LogP contribution in [0.4, 0.5) is 13.6 Å². The zero-order valence-electron chi connectivity index (χ0n) is 18.7. The first-order valence-electron chi connectivity index (χ1n) is 11.1. The van der Waals surface area contributed by atoms with Crippen LogP contribution < -0.4 is 10.6 Å². The largest absolute Gasteiger partial charge is 0.465 e. The molecule has 0 radical (unpaired) electrons. The molecule has 0 spiro atoms. The number of carbonyl (C=O) groups excluding carboxylic acids is 1. The highest BCUT2D eigenvalue weighted by molar-refractivity contribution is 5.92. The molecule has 2 amide bonds. The van der Waals surface area contributed by atoms with Gasteiger partial charge in [0.25, 0.3) is 11.8 Å². The van der Waals surface area contributed by atoms with E-state index in [0.717, 1.165) is 21.7 Å². The number of aromatic nitrogens is 1. The summed E-state index contributed by atoms with van der Waals surface area (Å²) in [6.45, 7) is 0.713. The first-order valence-corrected chi connectivity index (χ1v) is 11.1. The number of halogens is 2. The Labute approximate surface area is 192 Å². The molecule has 1 aromatic carbocycles. The fourth-order valence-electron chi connectivity index (χ4n) is 4.05. The number of hydrogen-bond acceptors (Lipinski definition) is 4. The van der Waals surface area contributed by atoms with Gasteiger partial charge in [-0.3, -0.25) is 4.79 Å². The number of rotatable bonds is 9. The van der Waals surface area contributed by atoms with E-state index in [-0.39, 0.29) is 25.4 Å². The fraction of sp³-hybridized carbons (Fsp3) is 0.458. The highest BCUT2D eigenvalue weighted by Gasteiger charge is 2.44. The van der Waals surface area contributed by atoms with Crippen molar-refractivity contribution >= 4 is 12.0 Å². The summed E-state index contributed by atoms with van der Waals surface area (Å²) in [5, 5.41) is 14.9. The minimum Gasteiger partial charge on any atom is -0.465 e. The lowest BCUT2D eigenvalue weighted by Crippen LogP contribution is -2.49. The molecule has 33 heavy (non-hydrogen) atoms. The van der Waals surface area contributed by atoms with Gasteiger partial charge in [-0.1, -0.05) is 30.3 Å². The summed E-state index contributed by atoms with van der Waals surface area (Å²) < 4.78 is 28.3. The van der Waals surface area contributed by atoms with Gasteiger partial charge in [-0.25, -0.2) is 18.6 Å². The summed E-state index contributed by atoms with van der Waals surface area (Å²) in [7, 11) is 1.55. The lowest BCUT2D eigenvalue weighted by molar-refractivity contribution is -0.103. The summed E-state index contributed by atoms with van der Waals surface area (Å²) in [5.74, 6) is -4.08. The average Bonchev–Trinajstić information content (AvgIpc) is 2.79. The molecule has 3 N–H and O–H groups in total. The molecule has 3 rings (SSSR count). The Morgan fingerprint density at radius 1 is 1.21 bits per heavy atom. The monoisotopic (exact) mass is 460 g/mol. The van der Waals surface area contributed by atoms with Crippen LogP contribution in [-0.4, -0.2) is 59.6 Å². The molecule has 9 heteroatoms. The number of carbonyl (C=O) groups is 2. The number of carboxylic acid groups (broad SMARTS) is 1. The molecule has 0 saturated carbocycles. The number of alkyl halides is 2. The summed E-state index contributed by atoms with van der Waals surface area (Å²) in [6.07, 6.45) is -0.249. The van der Waals surface area contributed by atoms with E-state index in [1.165, 1.54) is 0 Å². The van der Waals surface area contributed by atoms with Gasteiger partial charge in [0.15, 0.2) is 0 Å². The zero-order chi connectivity index (χ0) is 23.8. The van der Waals surface area contributed by atoms with Gasteiger partial charge < -0.3 is 20.6 Å². The third-order valence-electron chi connectivity index (χ3n) is 5.88. The number of pyridine rings is 1. The molecule has 1 aliphatic heterocycles. The third kappa shape index (κ3) is 6.95. The van der Waals surface area contributed by atoms with E-state index < -0.39 is 24.4 Å². The Morgan fingerprint density at radius 3 is 2.67 bits per heavy atom. The molecule has 7 nitrogen and oxygen atoms in total. The summed E-state index contributed by atoms with van der Waals surface area (Å²) >= 11 is 0. The van der Waals surface area contributed by atoms with Crippen LogP contribution in [0.2, 0.25) is 0 Å². The maximum absolute atomic E-state index is 14.2. The summed E-state index contributed by atoms with van der Waals surface area (Å²) in [5.41, 5.74) is 3.07. The SMILES string of the molecule is CNC(=O)c1cc(CNCCCC2CN(C(=O)O)CCC2(F)F)cc(Cc2ccccc2)n1. The maximum Gasteiger partial charge on any atom is 0.407 e. The molecule has 1 saturated heterocycles. The molecule has 1 unspecified atom stereocenters. The minimum absolute atomic E-state index is 0.127. The quantitative estimate of drug-likeness (QED) is 0.498. The number of hydrogen-bond donors (Lipinski definition) is 3. The van der Waals surface area contributed by atoms with Gasteiger partial charge in [-0.2, -0.15) is 0 Å². The molecule has 1 aliphatic rings.